The van der Waals surface area contributed by atoms with E-state index in [1.54, 1.807) is 24.3 Å². The van der Waals surface area contributed by atoms with E-state index in [2.05, 4.69) is 38.5 Å². The lowest BCUT2D eigenvalue weighted by Crippen LogP contribution is -2.48. The molecule has 8 heteroatoms. The van der Waals surface area contributed by atoms with Crippen LogP contribution >= 0.6 is 0 Å². The average molecular weight is 446 g/mol. The lowest BCUT2D eigenvalue weighted by Gasteiger charge is -2.30. The summed E-state index contributed by atoms with van der Waals surface area (Å²) in [5.74, 6) is -0.562. The maximum Gasteiger partial charge on any atom is 0.322 e. The van der Waals surface area contributed by atoms with Gasteiger partial charge in [0.15, 0.2) is 0 Å². The number of nitrogens with zero attached hydrogens (tertiary/aromatic N) is 3. The zero-order valence-electron chi connectivity index (χ0n) is 19.0. The molecule has 33 heavy (non-hydrogen) atoms. The predicted molar refractivity (Wildman–Crippen MR) is 124 cm³/mol. The number of rotatable bonds is 4. The zero-order valence-corrected chi connectivity index (χ0v) is 19.0. The van der Waals surface area contributed by atoms with Crippen molar-refractivity contribution >= 4 is 28.9 Å². The fourth-order valence-corrected chi connectivity index (χ4v) is 5.07. The van der Waals surface area contributed by atoms with E-state index in [1.165, 1.54) is 0 Å². The van der Waals surface area contributed by atoms with Crippen molar-refractivity contribution in [3.05, 3.63) is 65.5 Å². The minimum absolute atomic E-state index is 0.0391. The molecule has 2 N–H and O–H groups in total. The maximum atomic E-state index is 13.2. The first-order valence-electron chi connectivity index (χ1n) is 11.3. The smallest absolute Gasteiger partial charge is 0.322 e. The number of pyridine rings is 1. The second kappa shape index (κ2) is 7.72. The highest BCUT2D eigenvalue weighted by molar-refractivity contribution is 6.07. The molecule has 2 saturated heterocycles. The number of nitrogens with one attached hydrogen (secondary N) is 2. The van der Waals surface area contributed by atoms with Gasteiger partial charge in [0, 0.05) is 36.4 Å². The first-order chi connectivity index (χ1) is 15.8. The summed E-state index contributed by atoms with van der Waals surface area (Å²) in [4.78, 5) is 44.0. The molecule has 2 aliphatic heterocycles. The fourth-order valence-electron chi connectivity index (χ4n) is 5.07. The van der Waals surface area contributed by atoms with Crippen molar-refractivity contribution < 1.29 is 14.4 Å². The number of urea groups is 1. The Kier molecular flexibility index (Phi) is 4.96. The molecule has 0 radical (unpaired) electrons. The van der Waals surface area contributed by atoms with Crippen LogP contribution in [0.3, 0.4) is 0 Å². The Morgan fingerprint density at radius 3 is 2.61 bits per heavy atom. The number of carbonyl (C=O) groups is 3. The second-order valence-corrected chi connectivity index (χ2v) is 9.29. The fraction of sp³-hybridized carbons (Fsp3) is 0.360. The normalized spacial score (nSPS) is 22.8. The van der Waals surface area contributed by atoms with Gasteiger partial charge in [0.25, 0.3) is 11.8 Å². The predicted octanol–water partition coefficient (Wildman–Crippen LogP) is 3.12. The molecular weight excluding hydrogens is 418 g/mol. The highest BCUT2D eigenvalue weighted by Gasteiger charge is 2.50. The number of hydrogen-bond donors (Lipinski definition) is 2. The largest absolute Gasteiger partial charge is 0.336 e. The van der Waals surface area contributed by atoms with Gasteiger partial charge in [0.1, 0.15) is 11.2 Å². The summed E-state index contributed by atoms with van der Waals surface area (Å²) in [5.41, 5.74) is 2.17. The van der Waals surface area contributed by atoms with Crippen LogP contribution in [0.1, 0.15) is 47.8 Å². The van der Waals surface area contributed by atoms with Crippen molar-refractivity contribution in [3.8, 4) is 0 Å². The van der Waals surface area contributed by atoms with Crippen LogP contribution in [0.2, 0.25) is 0 Å². The first kappa shape index (κ1) is 21.2. The van der Waals surface area contributed by atoms with E-state index in [9.17, 15) is 14.4 Å². The molecule has 2 fully saturated rings. The van der Waals surface area contributed by atoms with Gasteiger partial charge >= 0.3 is 6.03 Å². The molecule has 5 rings (SSSR count). The van der Waals surface area contributed by atoms with Crippen LogP contribution in [0.15, 0.2) is 48.8 Å². The van der Waals surface area contributed by atoms with Crippen molar-refractivity contribution in [1.29, 1.82) is 0 Å². The Labute approximate surface area is 192 Å². The van der Waals surface area contributed by atoms with E-state index in [1.807, 2.05) is 31.9 Å². The number of likely N-dealkylation sites (tertiary alicyclic amines) is 1. The van der Waals surface area contributed by atoms with Gasteiger partial charge in [-0.1, -0.05) is 26.0 Å². The lowest BCUT2D eigenvalue weighted by molar-refractivity contribution is -0.125. The molecule has 0 bridgehead atoms. The highest BCUT2D eigenvalue weighted by Crippen LogP contribution is 2.33. The SMILES string of the molecule is Cc1cnc2c(ccn2[C@H]2CCN(C(=O)c3ccc([C@@]4(C(C)C)NC(=O)NC4=O)cc3)C2)c1. The van der Waals surface area contributed by atoms with Crippen molar-refractivity contribution in [1.82, 2.24) is 25.1 Å². The van der Waals surface area contributed by atoms with Gasteiger partial charge in [-0.3, -0.25) is 14.9 Å². The number of amides is 4. The molecule has 1 aromatic carbocycles. The van der Waals surface area contributed by atoms with Gasteiger partial charge in [0.2, 0.25) is 0 Å². The number of carbonyl (C=O) groups excluding carboxylic acids is 3. The van der Waals surface area contributed by atoms with E-state index >= 15 is 0 Å². The summed E-state index contributed by atoms with van der Waals surface area (Å²) in [6.07, 6.45) is 4.79. The van der Waals surface area contributed by atoms with Crippen LogP contribution in [0.4, 0.5) is 4.79 Å². The van der Waals surface area contributed by atoms with E-state index in [4.69, 9.17) is 0 Å². The molecule has 2 aliphatic rings. The number of aromatic nitrogens is 2. The number of benzene rings is 1. The zero-order chi connectivity index (χ0) is 23.3. The number of aryl methyl sites for hydroxylation is 1. The molecule has 0 aliphatic carbocycles. The van der Waals surface area contributed by atoms with Gasteiger partial charge in [-0.05, 0) is 54.7 Å². The number of fused-ring (bicyclic) bond motifs is 1. The van der Waals surface area contributed by atoms with E-state index in [0.29, 0.717) is 24.2 Å². The van der Waals surface area contributed by atoms with Crippen LogP contribution in [0.5, 0.6) is 0 Å². The third-order valence-corrected chi connectivity index (χ3v) is 6.88. The number of hydrogen-bond acceptors (Lipinski definition) is 4. The van der Waals surface area contributed by atoms with Crippen molar-refractivity contribution in [2.45, 2.75) is 38.8 Å². The lowest BCUT2D eigenvalue weighted by atomic mass is 9.79. The second-order valence-electron chi connectivity index (χ2n) is 9.29. The number of imide groups is 1. The van der Waals surface area contributed by atoms with Gasteiger partial charge in [0.05, 0.1) is 6.04 Å². The maximum absolute atomic E-state index is 13.2. The van der Waals surface area contributed by atoms with Gasteiger partial charge < -0.3 is 14.8 Å². The molecule has 170 valence electrons. The quantitative estimate of drug-likeness (QED) is 0.603. The Morgan fingerprint density at radius 1 is 1.18 bits per heavy atom. The molecular formula is C25H27N5O3. The summed E-state index contributed by atoms with van der Waals surface area (Å²) in [6, 6.07) is 10.9. The molecule has 8 nitrogen and oxygen atoms in total. The van der Waals surface area contributed by atoms with Crippen LogP contribution in [-0.2, 0) is 10.3 Å². The summed E-state index contributed by atoms with van der Waals surface area (Å²) in [5, 5.41) is 6.21. The van der Waals surface area contributed by atoms with Crippen LogP contribution in [0.25, 0.3) is 11.0 Å². The molecule has 3 aromatic rings. The van der Waals surface area contributed by atoms with Gasteiger partial charge in [-0.25, -0.2) is 9.78 Å². The highest BCUT2D eigenvalue weighted by atomic mass is 16.2. The van der Waals surface area contributed by atoms with Crippen LogP contribution < -0.4 is 10.6 Å². The summed E-state index contributed by atoms with van der Waals surface area (Å²) < 4.78 is 2.17. The summed E-state index contributed by atoms with van der Waals surface area (Å²) in [7, 11) is 0. The molecule has 0 saturated carbocycles. The first-order valence-corrected chi connectivity index (χ1v) is 11.3. The van der Waals surface area contributed by atoms with Gasteiger partial charge in [-0.15, -0.1) is 0 Å². The standard InChI is InChI=1S/C25H27N5O3/c1-15(2)25(23(32)27-24(33)28-25)19-6-4-17(5-7-19)22(31)29-10-9-20(14-29)30-11-8-18-12-16(3)13-26-21(18)30/h4-8,11-13,15,20H,9-10,14H2,1-3H3,(H2,27,28,32,33)/t20-,25+/m0/s1. The Bertz CT molecular complexity index is 1260. The van der Waals surface area contributed by atoms with Gasteiger partial charge in [-0.2, -0.15) is 0 Å². The Hall–Kier alpha value is -3.68. The van der Waals surface area contributed by atoms with E-state index in [0.717, 1.165) is 23.0 Å². The monoisotopic (exact) mass is 445 g/mol. The van der Waals surface area contributed by atoms with E-state index in [-0.39, 0.29) is 23.8 Å². The summed E-state index contributed by atoms with van der Waals surface area (Å²) >= 11 is 0. The molecule has 2 atom stereocenters. The topological polar surface area (TPSA) is 96.3 Å². The molecule has 0 spiro atoms. The third kappa shape index (κ3) is 3.37. The van der Waals surface area contributed by atoms with Crippen molar-refractivity contribution in [2.75, 3.05) is 13.1 Å². The Balaban J connectivity index is 1.34. The molecule has 2 aromatic heterocycles. The average Bonchev–Trinajstić information content (AvgIpc) is 3.50. The minimum Gasteiger partial charge on any atom is -0.336 e. The summed E-state index contributed by atoms with van der Waals surface area (Å²) in [6.45, 7) is 7.09. The Morgan fingerprint density at radius 2 is 1.94 bits per heavy atom. The van der Waals surface area contributed by atoms with Crippen LogP contribution in [0, 0.1) is 12.8 Å². The molecule has 4 amide bonds. The third-order valence-electron chi connectivity index (χ3n) is 6.88. The van der Waals surface area contributed by atoms with Crippen molar-refractivity contribution in [2.24, 2.45) is 5.92 Å². The van der Waals surface area contributed by atoms with Crippen LogP contribution in [-0.4, -0.2) is 45.4 Å². The van der Waals surface area contributed by atoms with E-state index < -0.39 is 11.6 Å². The van der Waals surface area contributed by atoms with Crippen molar-refractivity contribution in [3.63, 3.8) is 0 Å². The molecule has 4 heterocycles. The minimum atomic E-state index is -1.13. The molecule has 0 unspecified atom stereocenters.